The molecule has 5 heteroatoms. The van der Waals surface area contributed by atoms with Crippen LogP contribution in [0.15, 0.2) is 18.2 Å². The van der Waals surface area contributed by atoms with Crippen LogP contribution in [0.2, 0.25) is 0 Å². The van der Waals surface area contributed by atoms with Gasteiger partial charge >= 0.3 is 0 Å². The molecule has 0 aliphatic rings. The van der Waals surface area contributed by atoms with Gasteiger partial charge in [0.05, 0.1) is 6.04 Å². The van der Waals surface area contributed by atoms with Crippen molar-refractivity contribution in [2.75, 3.05) is 20.8 Å². The number of likely N-dealkylation sites (N-methyl/N-ethyl adjacent to an activating group) is 1. The molecule has 0 amide bonds. The molecular weight excluding hydrogens is 228 g/mol. The summed E-state index contributed by atoms with van der Waals surface area (Å²) in [4.78, 5) is 0. The van der Waals surface area contributed by atoms with E-state index >= 15 is 0 Å². The van der Waals surface area contributed by atoms with Crippen molar-refractivity contribution in [1.29, 1.82) is 0 Å². The Bertz CT molecular complexity index is 356. The van der Waals surface area contributed by atoms with Crippen LogP contribution in [0.3, 0.4) is 0 Å². The first kappa shape index (κ1) is 14.0. The summed E-state index contributed by atoms with van der Waals surface area (Å²) in [5, 5.41) is 3.05. The minimum Gasteiger partial charge on any atom is -0.354 e. The third-order valence-electron chi connectivity index (χ3n) is 2.46. The normalized spacial score (nSPS) is 13.1. The molecule has 0 radical (unpaired) electrons. The zero-order chi connectivity index (χ0) is 12.8. The lowest BCUT2D eigenvalue weighted by molar-refractivity contribution is -0.124. The molecule has 96 valence electrons. The highest BCUT2D eigenvalue weighted by molar-refractivity contribution is 5.22. The van der Waals surface area contributed by atoms with Crippen LogP contribution in [0.1, 0.15) is 18.5 Å². The Hall–Kier alpha value is -1.04. The zero-order valence-electron chi connectivity index (χ0n) is 10.2. The largest absolute Gasteiger partial charge is 0.354 e. The minimum atomic E-state index is -0.630. The smallest absolute Gasteiger partial charge is 0.176 e. The summed E-state index contributed by atoms with van der Waals surface area (Å²) in [5.41, 5.74) is 0.321. The maximum absolute atomic E-state index is 13.7. The predicted molar refractivity (Wildman–Crippen MR) is 60.6 cm³/mol. The molecule has 1 rings (SSSR count). The summed E-state index contributed by atoms with van der Waals surface area (Å²) in [6.07, 6.45) is -0.630. The van der Waals surface area contributed by atoms with Crippen LogP contribution < -0.4 is 5.32 Å². The summed E-state index contributed by atoms with van der Waals surface area (Å²) < 4.78 is 36.7. The van der Waals surface area contributed by atoms with Crippen molar-refractivity contribution in [3.63, 3.8) is 0 Å². The Morgan fingerprint density at radius 2 is 1.88 bits per heavy atom. The van der Waals surface area contributed by atoms with Gasteiger partial charge in [0.15, 0.2) is 6.29 Å². The van der Waals surface area contributed by atoms with E-state index in [1.807, 2.05) is 6.92 Å². The molecule has 1 N–H and O–H groups in total. The van der Waals surface area contributed by atoms with E-state index in [0.29, 0.717) is 12.1 Å². The molecule has 0 saturated heterocycles. The van der Waals surface area contributed by atoms with E-state index in [-0.39, 0.29) is 0 Å². The van der Waals surface area contributed by atoms with Gasteiger partial charge in [-0.15, -0.1) is 0 Å². The van der Waals surface area contributed by atoms with Crippen molar-refractivity contribution in [2.45, 2.75) is 19.3 Å². The molecule has 0 aromatic heterocycles. The number of hydrogen-bond donors (Lipinski definition) is 1. The number of methoxy groups -OCH3 is 2. The molecule has 0 fully saturated rings. The Balaban J connectivity index is 3.03. The fourth-order valence-electron chi connectivity index (χ4n) is 1.69. The summed E-state index contributed by atoms with van der Waals surface area (Å²) in [6.45, 7) is 2.50. The van der Waals surface area contributed by atoms with Crippen LogP contribution in [0, 0.1) is 11.6 Å². The van der Waals surface area contributed by atoms with E-state index in [1.54, 1.807) is 0 Å². The highest BCUT2D eigenvalue weighted by Gasteiger charge is 2.24. The Labute approximate surface area is 99.7 Å². The molecule has 0 heterocycles. The van der Waals surface area contributed by atoms with Crippen molar-refractivity contribution in [3.8, 4) is 0 Å². The van der Waals surface area contributed by atoms with E-state index in [4.69, 9.17) is 9.47 Å². The fourth-order valence-corrected chi connectivity index (χ4v) is 1.69. The second-order valence-corrected chi connectivity index (χ2v) is 3.54. The Morgan fingerprint density at radius 1 is 1.24 bits per heavy atom. The van der Waals surface area contributed by atoms with Crippen LogP contribution in [0.25, 0.3) is 0 Å². The summed E-state index contributed by atoms with van der Waals surface area (Å²) in [5.74, 6) is -1.22. The predicted octanol–water partition coefficient (Wildman–Crippen LogP) is 2.23. The van der Waals surface area contributed by atoms with E-state index in [9.17, 15) is 8.78 Å². The molecule has 3 nitrogen and oxygen atoms in total. The lowest BCUT2D eigenvalue weighted by atomic mass is 10.1. The number of ether oxygens (including phenoxy) is 2. The SMILES string of the molecule is CCNC(c1ccc(F)cc1F)C(OC)OC. The van der Waals surface area contributed by atoms with Crippen LogP contribution in [0.5, 0.6) is 0 Å². The first-order valence-corrected chi connectivity index (χ1v) is 5.38. The number of hydrogen-bond acceptors (Lipinski definition) is 3. The van der Waals surface area contributed by atoms with Gasteiger partial charge in [-0.05, 0) is 12.6 Å². The lowest BCUT2D eigenvalue weighted by Gasteiger charge is -2.26. The molecule has 1 aromatic rings. The third kappa shape index (κ3) is 3.46. The number of rotatable bonds is 6. The average molecular weight is 245 g/mol. The molecule has 0 bridgehead atoms. The van der Waals surface area contributed by atoms with Gasteiger partial charge in [0.2, 0.25) is 0 Å². The van der Waals surface area contributed by atoms with Crippen molar-refractivity contribution >= 4 is 0 Å². The standard InChI is InChI=1S/C12H17F2NO2/c1-4-15-11(12(16-2)17-3)9-6-5-8(13)7-10(9)14/h5-7,11-12,15H,4H2,1-3H3. The van der Waals surface area contributed by atoms with Gasteiger partial charge in [-0.25, -0.2) is 8.78 Å². The van der Waals surface area contributed by atoms with E-state index in [2.05, 4.69) is 5.32 Å². The topological polar surface area (TPSA) is 30.5 Å². The van der Waals surface area contributed by atoms with Crippen molar-refractivity contribution < 1.29 is 18.3 Å². The molecule has 0 saturated carbocycles. The molecule has 17 heavy (non-hydrogen) atoms. The highest BCUT2D eigenvalue weighted by atomic mass is 19.1. The van der Waals surface area contributed by atoms with Gasteiger partial charge in [0, 0.05) is 25.8 Å². The van der Waals surface area contributed by atoms with Crippen LogP contribution in [0.4, 0.5) is 8.78 Å². The van der Waals surface area contributed by atoms with Crippen molar-refractivity contribution in [2.24, 2.45) is 0 Å². The summed E-state index contributed by atoms with van der Waals surface area (Å²) in [7, 11) is 2.94. The minimum absolute atomic E-state index is 0.321. The molecule has 1 atom stereocenters. The zero-order valence-corrected chi connectivity index (χ0v) is 10.2. The van der Waals surface area contributed by atoms with Gasteiger partial charge in [0.25, 0.3) is 0 Å². The molecule has 0 spiro atoms. The van der Waals surface area contributed by atoms with Crippen molar-refractivity contribution in [3.05, 3.63) is 35.4 Å². The maximum atomic E-state index is 13.7. The van der Waals surface area contributed by atoms with Crippen LogP contribution in [-0.4, -0.2) is 27.1 Å². The summed E-state index contributed by atoms with van der Waals surface area (Å²) >= 11 is 0. The maximum Gasteiger partial charge on any atom is 0.176 e. The van der Waals surface area contributed by atoms with E-state index in [0.717, 1.165) is 6.07 Å². The van der Waals surface area contributed by atoms with E-state index < -0.39 is 24.0 Å². The molecule has 1 unspecified atom stereocenters. The molecule has 0 aliphatic heterocycles. The Morgan fingerprint density at radius 3 is 2.35 bits per heavy atom. The highest BCUT2D eigenvalue weighted by Crippen LogP contribution is 2.23. The first-order chi connectivity index (χ1) is 8.13. The fraction of sp³-hybridized carbons (Fsp3) is 0.500. The van der Waals surface area contributed by atoms with Gasteiger partial charge in [-0.1, -0.05) is 13.0 Å². The van der Waals surface area contributed by atoms with Crippen LogP contribution in [-0.2, 0) is 9.47 Å². The number of halogens is 2. The summed E-state index contributed by atoms with van der Waals surface area (Å²) in [6, 6.07) is 2.98. The van der Waals surface area contributed by atoms with Gasteiger partial charge < -0.3 is 14.8 Å². The second-order valence-electron chi connectivity index (χ2n) is 3.54. The lowest BCUT2D eigenvalue weighted by Crippen LogP contribution is -2.35. The second kappa shape index (κ2) is 6.64. The van der Waals surface area contributed by atoms with Gasteiger partial charge in [0.1, 0.15) is 11.6 Å². The molecule has 0 aliphatic carbocycles. The third-order valence-corrected chi connectivity index (χ3v) is 2.46. The van der Waals surface area contributed by atoms with Crippen molar-refractivity contribution in [1.82, 2.24) is 5.32 Å². The monoisotopic (exact) mass is 245 g/mol. The average Bonchev–Trinajstić information content (AvgIpc) is 2.30. The first-order valence-electron chi connectivity index (χ1n) is 5.38. The van der Waals surface area contributed by atoms with Gasteiger partial charge in [-0.3, -0.25) is 0 Å². The Kier molecular flexibility index (Phi) is 5.47. The molecular formula is C12H17F2NO2. The van der Waals surface area contributed by atoms with Gasteiger partial charge in [-0.2, -0.15) is 0 Å². The van der Waals surface area contributed by atoms with Crippen LogP contribution >= 0.6 is 0 Å². The van der Waals surface area contributed by atoms with E-state index in [1.165, 1.54) is 26.4 Å². The number of benzene rings is 1. The molecule has 1 aromatic carbocycles. The quantitative estimate of drug-likeness (QED) is 0.780. The number of nitrogens with one attached hydrogen (secondary N) is 1.